The lowest BCUT2D eigenvalue weighted by Gasteiger charge is -2.59. The second kappa shape index (κ2) is 6.06. The highest BCUT2D eigenvalue weighted by Gasteiger charge is 2.61. The number of para-hydroxylation sites is 1. The van der Waals surface area contributed by atoms with Gasteiger partial charge in [-0.1, -0.05) is 48.5 Å². The van der Waals surface area contributed by atoms with Crippen molar-refractivity contribution in [2.24, 2.45) is 5.41 Å². The monoisotopic (exact) mass is 330 g/mol. The Kier molecular flexibility index (Phi) is 3.87. The molecule has 1 atom stereocenters. The van der Waals surface area contributed by atoms with Crippen molar-refractivity contribution in [2.75, 3.05) is 18.0 Å². The van der Waals surface area contributed by atoms with E-state index in [1.807, 2.05) is 53.4 Å². The number of piperidine rings is 1. The van der Waals surface area contributed by atoms with Gasteiger partial charge in [-0.05, 0) is 30.5 Å². The summed E-state index contributed by atoms with van der Waals surface area (Å²) in [5.74, 6) is -0.255. The minimum Gasteiger partial charge on any atom is -0.352 e. The van der Waals surface area contributed by atoms with Crippen molar-refractivity contribution in [1.82, 2.24) is 4.90 Å². The zero-order valence-electron chi connectivity index (χ0n) is 14.0. The predicted molar refractivity (Wildman–Crippen MR) is 97.5 cm³/mol. The van der Waals surface area contributed by atoms with Gasteiger partial charge in [-0.15, -0.1) is 0 Å². The van der Waals surface area contributed by atoms with Crippen molar-refractivity contribution in [1.29, 1.82) is 0 Å². The molecule has 0 saturated carbocycles. The molecule has 1 spiro atoms. The zero-order chi connectivity index (χ0) is 17.4. The normalized spacial score (nSPS) is 21.9. The van der Waals surface area contributed by atoms with E-state index < -0.39 is 11.2 Å². The molecule has 2 aromatic rings. The number of benzene rings is 2. The predicted octanol–water partition coefficient (Wildman–Crippen LogP) is 3.15. The lowest BCUT2D eigenvalue weighted by molar-refractivity contribution is -0.144. The molecule has 4 nitrogen and oxygen atoms in total. The molecule has 0 bridgehead atoms. The van der Waals surface area contributed by atoms with E-state index in [1.54, 1.807) is 4.90 Å². The summed E-state index contributed by atoms with van der Waals surface area (Å²) in [5, 5.41) is 0. The van der Waals surface area contributed by atoms with E-state index in [4.69, 9.17) is 7.85 Å². The highest BCUT2D eigenvalue weighted by atomic mass is 16.2. The van der Waals surface area contributed by atoms with Gasteiger partial charge < -0.3 is 9.80 Å². The van der Waals surface area contributed by atoms with Gasteiger partial charge in [-0.25, -0.2) is 0 Å². The summed E-state index contributed by atoms with van der Waals surface area (Å²) in [6.45, 7) is 1.07. The van der Waals surface area contributed by atoms with Crippen LogP contribution in [0.1, 0.15) is 24.4 Å². The fraction of sp³-hybridized carbons (Fsp3) is 0.300. The highest BCUT2D eigenvalue weighted by Crippen LogP contribution is 2.57. The first kappa shape index (κ1) is 15.9. The molecule has 2 amide bonds. The van der Waals surface area contributed by atoms with Gasteiger partial charge in [0, 0.05) is 18.8 Å². The fourth-order valence-corrected chi connectivity index (χ4v) is 4.23. The van der Waals surface area contributed by atoms with Crippen LogP contribution in [-0.4, -0.2) is 37.5 Å². The van der Waals surface area contributed by atoms with Crippen LogP contribution in [0.15, 0.2) is 60.7 Å². The minimum atomic E-state index is -0.441. The van der Waals surface area contributed by atoms with Gasteiger partial charge in [0.15, 0.2) is 5.81 Å². The summed E-state index contributed by atoms with van der Waals surface area (Å²) in [7, 11) is 5.41. The maximum absolute atomic E-state index is 13.2. The van der Waals surface area contributed by atoms with Crippen molar-refractivity contribution in [3.63, 3.8) is 0 Å². The van der Waals surface area contributed by atoms with Gasteiger partial charge in [0.2, 0.25) is 13.8 Å². The van der Waals surface area contributed by atoms with Gasteiger partial charge in [-0.2, -0.15) is 0 Å². The molecule has 4 rings (SSSR count). The van der Waals surface area contributed by atoms with Crippen LogP contribution in [-0.2, 0) is 4.79 Å². The van der Waals surface area contributed by atoms with Gasteiger partial charge in [0.05, 0.1) is 11.5 Å². The second-order valence-electron chi connectivity index (χ2n) is 6.81. The van der Waals surface area contributed by atoms with E-state index in [2.05, 4.69) is 12.1 Å². The van der Waals surface area contributed by atoms with E-state index in [-0.39, 0.29) is 11.9 Å². The fourth-order valence-electron chi connectivity index (χ4n) is 4.23. The molecule has 1 unspecified atom stereocenters. The quantitative estimate of drug-likeness (QED) is 0.627. The molecule has 2 saturated heterocycles. The third kappa shape index (κ3) is 2.46. The number of hydrogen-bond acceptors (Lipinski definition) is 2. The number of amides is 2. The molecule has 25 heavy (non-hydrogen) atoms. The van der Waals surface area contributed by atoms with Gasteiger partial charge in [-0.3, -0.25) is 9.59 Å². The van der Waals surface area contributed by atoms with Crippen LogP contribution in [0.4, 0.5) is 10.5 Å². The topological polar surface area (TPSA) is 40.6 Å². The number of rotatable bonds is 2. The molecule has 2 aliphatic heterocycles. The third-order valence-corrected chi connectivity index (χ3v) is 5.54. The summed E-state index contributed by atoms with van der Waals surface area (Å²) in [4.78, 5) is 28.2. The van der Waals surface area contributed by atoms with Gasteiger partial charge in [0.25, 0.3) is 0 Å². The van der Waals surface area contributed by atoms with E-state index in [0.29, 0.717) is 25.9 Å². The van der Waals surface area contributed by atoms with Crippen LogP contribution in [0.5, 0.6) is 0 Å². The van der Waals surface area contributed by atoms with Crippen molar-refractivity contribution in [2.45, 2.75) is 18.9 Å². The largest absolute Gasteiger partial charge is 0.352 e. The first-order valence-corrected chi connectivity index (χ1v) is 8.61. The summed E-state index contributed by atoms with van der Waals surface area (Å²) in [6.07, 6.45) is 1.30. The molecule has 2 aromatic carbocycles. The number of nitrogens with zero attached hydrogens (tertiary/aromatic N) is 2. The molecule has 2 heterocycles. The van der Waals surface area contributed by atoms with Crippen molar-refractivity contribution in [3.05, 3.63) is 66.2 Å². The molecule has 0 aliphatic carbocycles. The first-order valence-electron chi connectivity index (χ1n) is 8.61. The SMILES string of the molecule is [B]C(=O)N1CCC2(CC1)C(=O)N(c1ccccc1)C2c1ccccc1. The number of anilines is 1. The van der Waals surface area contributed by atoms with Gasteiger partial charge >= 0.3 is 0 Å². The van der Waals surface area contributed by atoms with Crippen molar-refractivity contribution in [3.8, 4) is 0 Å². The first-order chi connectivity index (χ1) is 12.1. The van der Waals surface area contributed by atoms with Crippen LogP contribution >= 0.6 is 0 Å². The molecule has 2 radical (unpaired) electrons. The number of likely N-dealkylation sites (tertiary alicyclic amines) is 1. The summed E-state index contributed by atoms with van der Waals surface area (Å²) >= 11 is 0. The van der Waals surface area contributed by atoms with Crippen LogP contribution in [0.2, 0.25) is 0 Å². The Hall–Kier alpha value is -2.56. The van der Waals surface area contributed by atoms with Crippen LogP contribution in [0.3, 0.4) is 0 Å². The number of carbonyl (C=O) groups is 2. The minimum absolute atomic E-state index is 0.00127. The zero-order valence-corrected chi connectivity index (χ0v) is 14.0. The van der Waals surface area contributed by atoms with E-state index in [0.717, 1.165) is 11.3 Å². The van der Waals surface area contributed by atoms with E-state index in [9.17, 15) is 9.59 Å². The number of hydrogen-bond donors (Lipinski definition) is 0. The van der Waals surface area contributed by atoms with Crippen LogP contribution < -0.4 is 4.90 Å². The smallest absolute Gasteiger partial charge is 0.236 e. The van der Waals surface area contributed by atoms with Crippen LogP contribution in [0.25, 0.3) is 0 Å². The summed E-state index contributed by atoms with van der Waals surface area (Å²) in [6, 6.07) is 19.9. The van der Waals surface area contributed by atoms with E-state index >= 15 is 0 Å². The Morgan fingerprint density at radius 2 is 1.52 bits per heavy atom. The van der Waals surface area contributed by atoms with Crippen LogP contribution in [0, 0.1) is 5.41 Å². The van der Waals surface area contributed by atoms with Gasteiger partial charge in [0.1, 0.15) is 0 Å². The molecular weight excluding hydrogens is 311 g/mol. The standard InChI is InChI=1S/C20H19BN2O2/c21-19(25)22-13-11-20(12-14-22)17(15-7-3-1-4-8-15)23(18(20)24)16-9-5-2-6-10-16/h1-10,17H,11-14H2. The van der Waals surface area contributed by atoms with Crippen molar-refractivity contribution >= 4 is 25.2 Å². The highest BCUT2D eigenvalue weighted by molar-refractivity contribution is 6.56. The molecule has 0 aromatic heterocycles. The third-order valence-electron chi connectivity index (χ3n) is 5.54. The number of β-lactam (4-membered cyclic amide) rings is 1. The Morgan fingerprint density at radius 3 is 2.08 bits per heavy atom. The molecule has 2 fully saturated rings. The molecule has 124 valence electrons. The average molecular weight is 330 g/mol. The summed E-state index contributed by atoms with van der Waals surface area (Å²) in [5.41, 5.74) is 1.62. The van der Waals surface area contributed by atoms with E-state index in [1.165, 1.54) is 0 Å². The average Bonchev–Trinajstić information content (AvgIpc) is 2.67. The lowest BCUT2D eigenvalue weighted by atomic mass is 9.62. The van der Waals surface area contributed by atoms with Crippen molar-refractivity contribution < 1.29 is 9.59 Å². The molecule has 0 N–H and O–H groups in total. The Morgan fingerprint density at radius 1 is 0.960 bits per heavy atom. The Bertz CT molecular complexity index is 786. The summed E-state index contributed by atoms with van der Waals surface area (Å²) < 4.78 is 0. The molecular formula is C20H19BN2O2. The maximum atomic E-state index is 13.2. The molecule has 2 aliphatic rings. The Balaban J connectivity index is 1.70. The maximum Gasteiger partial charge on any atom is 0.236 e. The number of carbonyl (C=O) groups excluding carboxylic acids is 2. The second-order valence-corrected chi connectivity index (χ2v) is 6.81. The Labute approximate surface area is 148 Å². The lowest BCUT2D eigenvalue weighted by Crippen LogP contribution is -2.67. The molecule has 5 heteroatoms.